The van der Waals surface area contributed by atoms with Crippen molar-refractivity contribution in [3.05, 3.63) is 54.1 Å². The van der Waals surface area contributed by atoms with Crippen LogP contribution in [0.2, 0.25) is 0 Å². The molecule has 0 saturated carbocycles. The van der Waals surface area contributed by atoms with Crippen molar-refractivity contribution in [2.75, 3.05) is 18.5 Å². The van der Waals surface area contributed by atoms with Crippen molar-refractivity contribution in [3.63, 3.8) is 0 Å². The first-order valence-electron chi connectivity index (χ1n) is 8.71. The molecule has 5 nitrogen and oxygen atoms in total. The molecule has 2 rings (SSSR count). The molecule has 2 aromatic carbocycles. The van der Waals surface area contributed by atoms with Crippen LogP contribution in [0.15, 0.2) is 48.5 Å². The highest BCUT2D eigenvalue weighted by atomic mass is 32.1. The molecule has 0 heterocycles. The topological polar surface area (TPSA) is 59.6 Å². The zero-order valence-corrected chi connectivity index (χ0v) is 15.9. The first kappa shape index (κ1) is 19.7. The fourth-order valence-corrected chi connectivity index (χ4v) is 2.42. The van der Waals surface area contributed by atoms with E-state index in [1.54, 1.807) is 24.3 Å². The molecular weight excluding hydrogens is 348 g/mol. The Morgan fingerprint density at radius 3 is 2.46 bits per heavy atom. The van der Waals surface area contributed by atoms with Gasteiger partial charge in [0.15, 0.2) is 5.11 Å². The quantitative estimate of drug-likeness (QED) is 0.532. The van der Waals surface area contributed by atoms with Crippen LogP contribution < -0.4 is 20.1 Å². The van der Waals surface area contributed by atoms with Crippen LogP contribution in [0.5, 0.6) is 11.5 Å². The molecule has 26 heavy (non-hydrogen) atoms. The Kier molecular flexibility index (Phi) is 7.89. The number of nitrogens with one attached hydrogen (secondary N) is 2. The normalized spacial score (nSPS) is 10.1. The third-order valence-electron chi connectivity index (χ3n) is 3.55. The lowest BCUT2D eigenvalue weighted by atomic mass is 10.2. The van der Waals surface area contributed by atoms with Crippen LogP contribution >= 0.6 is 12.2 Å². The molecular formula is C20H24N2O3S. The zero-order valence-electron chi connectivity index (χ0n) is 15.1. The van der Waals surface area contributed by atoms with E-state index in [9.17, 15) is 4.79 Å². The van der Waals surface area contributed by atoms with Gasteiger partial charge in [-0.15, -0.1) is 0 Å². The lowest BCUT2D eigenvalue weighted by Crippen LogP contribution is -2.34. The Morgan fingerprint density at radius 1 is 1.04 bits per heavy atom. The minimum atomic E-state index is -0.281. The monoisotopic (exact) mass is 372 g/mol. The molecule has 6 heteroatoms. The molecule has 0 atom stereocenters. The van der Waals surface area contributed by atoms with E-state index in [2.05, 4.69) is 17.6 Å². The van der Waals surface area contributed by atoms with E-state index in [0.717, 1.165) is 18.6 Å². The number of anilines is 1. The van der Waals surface area contributed by atoms with E-state index in [1.807, 2.05) is 31.2 Å². The largest absolute Gasteiger partial charge is 0.494 e. The molecule has 0 unspecified atom stereocenters. The molecule has 0 fully saturated rings. The van der Waals surface area contributed by atoms with Crippen LogP contribution in [0.25, 0.3) is 0 Å². The van der Waals surface area contributed by atoms with Crippen LogP contribution in [0.3, 0.4) is 0 Å². The highest BCUT2D eigenvalue weighted by Gasteiger charge is 2.10. The van der Waals surface area contributed by atoms with Crippen molar-refractivity contribution >= 4 is 28.9 Å². The van der Waals surface area contributed by atoms with Gasteiger partial charge in [-0.2, -0.15) is 0 Å². The Hall–Kier alpha value is -2.60. The smallest absolute Gasteiger partial charge is 0.257 e. The molecule has 0 bridgehead atoms. The molecule has 0 radical (unpaired) electrons. The van der Waals surface area contributed by atoms with Gasteiger partial charge in [0.05, 0.1) is 18.9 Å². The predicted octanol–water partition coefficient (Wildman–Crippen LogP) is 4.39. The lowest BCUT2D eigenvalue weighted by molar-refractivity contribution is 0.0977. The summed E-state index contributed by atoms with van der Waals surface area (Å²) in [7, 11) is 0. The van der Waals surface area contributed by atoms with Gasteiger partial charge in [0, 0.05) is 5.56 Å². The van der Waals surface area contributed by atoms with Crippen LogP contribution in [0.1, 0.15) is 37.0 Å². The highest BCUT2D eigenvalue weighted by Crippen LogP contribution is 2.23. The van der Waals surface area contributed by atoms with E-state index >= 15 is 0 Å². The average molecular weight is 372 g/mol. The van der Waals surface area contributed by atoms with E-state index in [1.165, 1.54) is 0 Å². The third-order valence-corrected chi connectivity index (χ3v) is 3.75. The van der Waals surface area contributed by atoms with Gasteiger partial charge >= 0.3 is 0 Å². The second-order valence-corrected chi connectivity index (χ2v) is 5.97. The van der Waals surface area contributed by atoms with Crippen molar-refractivity contribution in [1.29, 1.82) is 0 Å². The third kappa shape index (κ3) is 6.04. The molecule has 0 aromatic heterocycles. The summed E-state index contributed by atoms with van der Waals surface area (Å²) >= 11 is 5.23. The second kappa shape index (κ2) is 10.4. The van der Waals surface area contributed by atoms with Crippen molar-refractivity contribution in [2.24, 2.45) is 0 Å². The SMILES string of the molecule is CCCCOc1ccc(C(=O)NC(=S)Nc2ccccc2OCC)cc1. The number of unbranched alkanes of at least 4 members (excludes halogenated alkanes) is 1. The molecule has 0 saturated heterocycles. The van der Waals surface area contributed by atoms with E-state index in [4.69, 9.17) is 21.7 Å². The van der Waals surface area contributed by atoms with Gasteiger partial charge < -0.3 is 14.8 Å². The number of hydrogen-bond acceptors (Lipinski definition) is 4. The zero-order chi connectivity index (χ0) is 18.8. The molecule has 0 aliphatic heterocycles. The lowest BCUT2D eigenvalue weighted by Gasteiger charge is -2.13. The Labute approximate surface area is 159 Å². The average Bonchev–Trinajstić information content (AvgIpc) is 2.64. The number of hydrogen-bond donors (Lipinski definition) is 2. The summed E-state index contributed by atoms with van der Waals surface area (Å²) in [4.78, 5) is 12.3. The van der Waals surface area contributed by atoms with Crippen molar-refractivity contribution in [3.8, 4) is 11.5 Å². The van der Waals surface area contributed by atoms with E-state index in [0.29, 0.717) is 30.2 Å². The van der Waals surface area contributed by atoms with Crippen LogP contribution in [-0.4, -0.2) is 24.2 Å². The Bertz CT molecular complexity index is 732. The van der Waals surface area contributed by atoms with Gasteiger partial charge in [-0.1, -0.05) is 25.5 Å². The van der Waals surface area contributed by atoms with Gasteiger partial charge in [-0.3, -0.25) is 10.1 Å². The van der Waals surface area contributed by atoms with Crippen molar-refractivity contribution in [1.82, 2.24) is 5.32 Å². The molecule has 2 aromatic rings. The van der Waals surface area contributed by atoms with Gasteiger partial charge in [0.25, 0.3) is 5.91 Å². The fraction of sp³-hybridized carbons (Fsp3) is 0.300. The minimum absolute atomic E-state index is 0.213. The second-order valence-electron chi connectivity index (χ2n) is 5.56. The summed E-state index contributed by atoms with van der Waals surface area (Å²) in [5.74, 6) is 1.15. The highest BCUT2D eigenvalue weighted by molar-refractivity contribution is 7.80. The maximum absolute atomic E-state index is 12.3. The summed E-state index contributed by atoms with van der Waals surface area (Å²) in [6.07, 6.45) is 2.09. The number of para-hydroxylation sites is 2. The van der Waals surface area contributed by atoms with Crippen LogP contribution in [-0.2, 0) is 0 Å². The standard InChI is InChI=1S/C20H24N2O3S/c1-3-5-14-25-16-12-10-15(11-13-16)19(23)22-20(26)21-17-8-6-7-9-18(17)24-4-2/h6-13H,3-5,14H2,1-2H3,(H2,21,22,23,26). The molecule has 0 aliphatic rings. The number of benzene rings is 2. The predicted molar refractivity (Wildman–Crippen MR) is 108 cm³/mol. The summed E-state index contributed by atoms with van der Waals surface area (Å²) < 4.78 is 11.1. The Morgan fingerprint density at radius 2 is 1.77 bits per heavy atom. The van der Waals surface area contributed by atoms with Gasteiger partial charge in [-0.25, -0.2) is 0 Å². The maximum atomic E-state index is 12.3. The summed E-state index contributed by atoms with van der Waals surface area (Å²) in [5.41, 5.74) is 1.22. The molecule has 2 N–H and O–H groups in total. The number of rotatable bonds is 8. The van der Waals surface area contributed by atoms with Gasteiger partial charge in [-0.05, 0) is 62.0 Å². The summed E-state index contributed by atoms with van der Waals surface area (Å²) in [6.45, 7) is 5.24. The fourth-order valence-electron chi connectivity index (χ4n) is 2.22. The number of carbonyl (C=O) groups excluding carboxylic acids is 1. The minimum Gasteiger partial charge on any atom is -0.494 e. The summed E-state index contributed by atoms with van der Waals surface area (Å²) in [5, 5.41) is 5.88. The van der Waals surface area contributed by atoms with Crippen molar-refractivity contribution in [2.45, 2.75) is 26.7 Å². The summed E-state index contributed by atoms with van der Waals surface area (Å²) in [6, 6.07) is 14.4. The first-order valence-corrected chi connectivity index (χ1v) is 9.12. The number of ether oxygens (including phenoxy) is 2. The van der Waals surface area contributed by atoms with E-state index < -0.39 is 0 Å². The first-order chi connectivity index (χ1) is 12.6. The number of thiocarbonyl (C=S) groups is 1. The van der Waals surface area contributed by atoms with Gasteiger partial charge in [0.2, 0.25) is 0 Å². The molecule has 138 valence electrons. The number of carbonyl (C=O) groups is 1. The number of amides is 1. The van der Waals surface area contributed by atoms with Crippen LogP contribution in [0, 0.1) is 0 Å². The molecule has 0 spiro atoms. The van der Waals surface area contributed by atoms with Gasteiger partial charge in [0.1, 0.15) is 11.5 Å². The van der Waals surface area contributed by atoms with E-state index in [-0.39, 0.29) is 11.0 Å². The van der Waals surface area contributed by atoms with Crippen LogP contribution in [0.4, 0.5) is 5.69 Å². The maximum Gasteiger partial charge on any atom is 0.257 e. The molecule has 1 amide bonds. The van der Waals surface area contributed by atoms with Crippen molar-refractivity contribution < 1.29 is 14.3 Å². The molecule has 0 aliphatic carbocycles. The Balaban J connectivity index is 1.91.